The molecule has 1 amide bonds. The zero-order chi connectivity index (χ0) is 14.9. The number of quaternary nitrogens is 1. The van der Waals surface area contributed by atoms with Gasteiger partial charge in [0.05, 0.1) is 16.1 Å². The van der Waals surface area contributed by atoms with Crippen LogP contribution in [0.1, 0.15) is 9.67 Å². The van der Waals surface area contributed by atoms with Gasteiger partial charge in [0, 0.05) is 9.86 Å². The van der Waals surface area contributed by atoms with Gasteiger partial charge in [-0.15, -0.1) is 11.3 Å². The molecule has 2 aromatic rings. The molecule has 1 heterocycles. The zero-order valence-corrected chi connectivity index (χ0v) is 12.6. The Morgan fingerprint density at radius 2 is 2.20 bits per heavy atom. The molecule has 20 heavy (non-hydrogen) atoms. The molecule has 0 aliphatic carbocycles. The smallest absolute Gasteiger partial charge is 0.364 e. The molecule has 1 aromatic heterocycles. The zero-order valence-electron chi connectivity index (χ0n) is 10.2. The summed E-state index contributed by atoms with van der Waals surface area (Å²) < 4.78 is 15.0. The topological polar surface area (TPSA) is 94.0 Å². The van der Waals surface area contributed by atoms with Crippen LogP contribution in [0, 0.1) is 5.82 Å². The van der Waals surface area contributed by atoms with Crippen molar-refractivity contribution < 1.29 is 24.8 Å². The summed E-state index contributed by atoms with van der Waals surface area (Å²) in [6.07, 6.45) is 0. The second kappa shape index (κ2) is 5.86. The molecule has 0 fully saturated rings. The maximum atomic E-state index is 13.6. The van der Waals surface area contributed by atoms with Crippen LogP contribution in [-0.4, -0.2) is 29.6 Å². The second-order valence-corrected chi connectivity index (χ2v) is 6.03. The van der Waals surface area contributed by atoms with Gasteiger partial charge in [0.25, 0.3) is 5.91 Å². The van der Waals surface area contributed by atoms with Crippen LogP contribution in [0.25, 0.3) is 10.1 Å². The van der Waals surface area contributed by atoms with Crippen LogP contribution in [0.3, 0.4) is 0 Å². The fourth-order valence-corrected chi connectivity index (χ4v) is 3.14. The molecule has 1 aromatic carbocycles. The number of carboxylic acid groups (broad SMARTS) is 1. The van der Waals surface area contributed by atoms with Crippen molar-refractivity contribution in [3.8, 4) is 0 Å². The Bertz CT molecular complexity index is 650. The number of thiophene rings is 1. The predicted molar refractivity (Wildman–Crippen MR) is 76.1 cm³/mol. The van der Waals surface area contributed by atoms with Crippen LogP contribution < -0.4 is 11.1 Å². The van der Waals surface area contributed by atoms with E-state index in [9.17, 15) is 14.0 Å². The van der Waals surface area contributed by atoms with Gasteiger partial charge in [-0.2, -0.15) is 0 Å². The summed E-state index contributed by atoms with van der Waals surface area (Å²) >= 11 is 4.44. The molecule has 2 rings (SSSR count). The highest BCUT2D eigenvalue weighted by atomic mass is 79.9. The van der Waals surface area contributed by atoms with Gasteiger partial charge in [-0.25, -0.2) is 9.18 Å². The number of benzene rings is 1. The lowest BCUT2D eigenvalue weighted by molar-refractivity contribution is -0.404. The van der Waals surface area contributed by atoms with E-state index in [1.54, 1.807) is 6.07 Å². The van der Waals surface area contributed by atoms with Crippen molar-refractivity contribution in [1.29, 1.82) is 0 Å². The fraction of sp³-hybridized carbons (Fsp3) is 0.167. The maximum Gasteiger partial charge on any atom is 0.364 e. The molecule has 0 radical (unpaired) electrons. The molecule has 5 N–H and O–H groups in total. The first-order chi connectivity index (χ1) is 9.40. The van der Waals surface area contributed by atoms with Crippen molar-refractivity contribution in [2.45, 2.75) is 6.04 Å². The number of fused-ring (bicyclic) bond motifs is 1. The molecule has 8 heteroatoms. The fourth-order valence-electron chi connectivity index (χ4n) is 1.56. The Morgan fingerprint density at radius 3 is 2.80 bits per heavy atom. The van der Waals surface area contributed by atoms with Crippen LogP contribution in [0.4, 0.5) is 4.39 Å². The molecular formula is C12H11BrFN2O3S+. The van der Waals surface area contributed by atoms with Gasteiger partial charge in [0.2, 0.25) is 0 Å². The third-order valence-corrected chi connectivity index (χ3v) is 4.75. The first-order valence-corrected chi connectivity index (χ1v) is 7.22. The molecule has 0 saturated carbocycles. The molecular weight excluding hydrogens is 351 g/mol. The van der Waals surface area contributed by atoms with Crippen LogP contribution >= 0.6 is 27.3 Å². The standard InChI is InChI=1S/C12H10BrFN2O3S/c13-6-1-2-7(14)5-3-9(20-10(5)6)11(17)16-4-8(15)12(18)19/h1-3,8H,4,15H2,(H,16,17)(H,18,19)/p+1/t8-/m1/s1. The minimum Gasteiger partial charge on any atom is -0.477 e. The van der Waals surface area contributed by atoms with E-state index >= 15 is 0 Å². The van der Waals surface area contributed by atoms with E-state index in [0.717, 1.165) is 11.3 Å². The highest BCUT2D eigenvalue weighted by Crippen LogP contribution is 2.33. The monoisotopic (exact) mass is 361 g/mol. The normalized spacial score (nSPS) is 12.3. The van der Waals surface area contributed by atoms with Crippen LogP contribution in [0.5, 0.6) is 0 Å². The number of carboxylic acids is 1. The van der Waals surface area contributed by atoms with E-state index in [2.05, 4.69) is 27.0 Å². The van der Waals surface area contributed by atoms with E-state index in [1.165, 1.54) is 12.1 Å². The lowest BCUT2D eigenvalue weighted by Gasteiger charge is -2.04. The van der Waals surface area contributed by atoms with Crippen molar-refractivity contribution in [3.63, 3.8) is 0 Å². The summed E-state index contributed by atoms with van der Waals surface area (Å²) in [5.41, 5.74) is 3.40. The molecule has 1 atom stereocenters. The lowest BCUT2D eigenvalue weighted by Crippen LogP contribution is -2.68. The highest BCUT2D eigenvalue weighted by Gasteiger charge is 2.19. The van der Waals surface area contributed by atoms with Gasteiger partial charge in [-0.1, -0.05) is 0 Å². The molecule has 0 aliphatic heterocycles. The van der Waals surface area contributed by atoms with E-state index in [4.69, 9.17) is 5.11 Å². The van der Waals surface area contributed by atoms with Gasteiger partial charge >= 0.3 is 5.97 Å². The average molecular weight is 362 g/mol. The first-order valence-electron chi connectivity index (χ1n) is 5.61. The molecule has 0 aliphatic rings. The van der Waals surface area contributed by atoms with E-state index in [0.29, 0.717) is 19.4 Å². The van der Waals surface area contributed by atoms with Crippen LogP contribution in [0.2, 0.25) is 0 Å². The SMILES string of the molecule is [NH3+][C@H](CNC(=O)c1cc2c(F)ccc(Br)c2s1)C(=O)O. The number of halogens is 2. The Hall–Kier alpha value is -1.51. The molecule has 106 valence electrons. The number of carbonyl (C=O) groups is 2. The van der Waals surface area contributed by atoms with Gasteiger partial charge in [0.15, 0.2) is 6.04 Å². The largest absolute Gasteiger partial charge is 0.477 e. The first kappa shape index (κ1) is 14.9. The van der Waals surface area contributed by atoms with Crippen LogP contribution in [-0.2, 0) is 4.79 Å². The summed E-state index contributed by atoms with van der Waals surface area (Å²) in [4.78, 5) is 22.8. The number of hydrogen-bond acceptors (Lipinski definition) is 3. The van der Waals surface area contributed by atoms with Crippen LogP contribution in [0.15, 0.2) is 22.7 Å². The highest BCUT2D eigenvalue weighted by molar-refractivity contribution is 9.10. The Balaban J connectivity index is 2.21. The lowest BCUT2D eigenvalue weighted by atomic mass is 10.2. The third-order valence-electron chi connectivity index (χ3n) is 2.66. The molecule has 0 spiro atoms. The number of amides is 1. The van der Waals surface area contributed by atoms with Gasteiger partial charge in [-0.3, -0.25) is 4.79 Å². The van der Waals surface area contributed by atoms with E-state index in [1.807, 2.05) is 0 Å². The second-order valence-electron chi connectivity index (χ2n) is 4.13. The number of rotatable bonds is 4. The van der Waals surface area contributed by atoms with Gasteiger partial charge in [0.1, 0.15) is 5.82 Å². The number of aliphatic carboxylic acids is 1. The molecule has 0 unspecified atom stereocenters. The maximum absolute atomic E-state index is 13.6. The predicted octanol–water partition coefficient (Wildman–Crippen LogP) is 1.23. The minimum atomic E-state index is -1.09. The van der Waals surface area contributed by atoms with Crippen molar-refractivity contribution >= 4 is 49.2 Å². The Labute approximate surface area is 125 Å². The van der Waals surface area contributed by atoms with Crippen molar-refractivity contribution in [1.82, 2.24) is 5.32 Å². The molecule has 0 saturated heterocycles. The van der Waals surface area contributed by atoms with Crippen molar-refractivity contribution in [3.05, 3.63) is 33.4 Å². The summed E-state index contributed by atoms with van der Waals surface area (Å²) in [7, 11) is 0. The van der Waals surface area contributed by atoms with E-state index in [-0.39, 0.29) is 6.54 Å². The Morgan fingerprint density at radius 1 is 1.50 bits per heavy atom. The van der Waals surface area contributed by atoms with E-state index < -0.39 is 23.7 Å². The summed E-state index contributed by atoms with van der Waals surface area (Å²) in [5.74, 6) is -1.93. The Kier molecular flexibility index (Phi) is 4.36. The number of nitrogens with one attached hydrogen (secondary N) is 1. The van der Waals surface area contributed by atoms with Crippen molar-refractivity contribution in [2.75, 3.05) is 6.54 Å². The summed E-state index contributed by atoms with van der Waals surface area (Å²) in [6, 6.07) is 3.43. The number of carbonyl (C=O) groups excluding carboxylic acids is 1. The summed E-state index contributed by atoms with van der Waals surface area (Å²) in [5, 5.41) is 11.5. The average Bonchev–Trinajstić information content (AvgIpc) is 2.86. The summed E-state index contributed by atoms with van der Waals surface area (Å²) in [6.45, 7) is -0.0773. The third kappa shape index (κ3) is 2.97. The quantitative estimate of drug-likeness (QED) is 0.764. The van der Waals surface area contributed by atoms with Gasteiger partial charge in [-0.05, 0) is 34.1 Å². The molecule has 0 bridgehead atoms. The van der Waals surface area contributed by atoms with Gasteiger partial charge < -0.3 is 16.2 Å². The number of hydrogen-bond donors (Lipinski definition) is 3. The minimum absolute atomic E-state index is 0.0773. The molecule has 5 nitrogen and oxygen atoms in total. The van der Waals surface area contributed by atoms with Crippen molar-refractivity contribution in [2.24, 2.45) is 0 Å².